The summed E-state index contributed by atoms with van der Waals surface area (Å²) in [6, 6.07) is 11.9. The molecule has 1 N–H and O–H groups in total. The Balaban J connectivity index is 1.59. The van der Waals surface area contributed by atoms with Gasteiger partial charge in [-0.15, -0.1) is 22.7 Å². The van der Waals surface area contributed by atoms with Crippen molar-refractivity contribution in [1.82, 2.24) is 4.68 Å². The van der Waals surface area contributed by atoms with Crippen LogP contribution in [0, 0.1) is 0 Å². The fourth-order valence-electron chi connectivity index (χ4n) is 3.05. The van der Waals surface area contributed by atoms with E-state index in [-0.39, 0.29) is 0 Å². The van der Waals surface area contributed by atoms with Crippen LogP contribution in [-0.4, -0.2) is 50.3 Å². The van der Waals surface area contributed by atoms with Gasteiger partial charge in [0.15, 0.2) is 0 Å². The summed E-state index contributed by atoms with van der Waals surface area (Å²) in [5.41, 5.74) is 2.03. The van der Waals surface area contributed by atoms with Crippen LogP contribution in [0.25, 0.3) is 10.6 Å². The molecule has 1 aliphatic rings. The van der Waals surface area contributed by atoms with Gasteiger partial charge in [-0.25, -0.2) is 4.68 Å². The minimum atomic E-state index is 0.705. The van der Waals surface area contributed by atoms with Crippen LogP contribution in [0.4, 0.5) is 0 Å². The molecule has 0 amide bonds. The minimum absolute atomic E-state index is 0.705. The number of hydrogen-bond acceptors (Lipinski definition) is 5. The Morgan fingerprint density at radius 1 is 1.18 bits per heavy atom. The molecule has 0 bridgehead atoms. The zero-order valence-electron chi connectivity index (χ0n) is 15.4. The highest BCUT2D eigenvalue weighted by Gasteiger charge is 2.13. The second-order valence-corrected chi connectivity index (χ2v) is 8.71. The Bertz CT molecular complexity index is 988. The number of nitrogens with zero attached hydrogens (tertiary/aromatic N) is 3. The van der Waals surface area contributed by atoms with E-state index >= 15 is 0 Å². The predicted octanol–water partition coefficient (Wildman–Crippen LogP) is 2.63. The lowest BCUT2D eigenvalue weighted by molar-refractivity contribution is -0.906. The molecular formula is C20H22ClN4OS2+. The monoisotopic (exact) mass is 433 g/mol. The van der Waals surface area contributed by atoms with Crippen LogP contribution in [-0.2, 0) is 4.74 Å². The second-order valence-electron chi connectivity index (χ2n) is 6.49. The van der Waals surface area contributed by atoms with Gasteiger partial charge in [0.2, 0.25) is 4.80 Å². The number of ether oxygens (including phenoxy) is 1. The quantitative estimate of drug-likeness (QED) is 0.597. The van der Waals surface area contributed by atoms with Gasteiger partial charge >= 0.3 is 0 Å². The normalized spacial score (nSPS) is 16.2. The summed E-state index contributed by atoms with van der Waals surface area (Å²) in [6.45, 7) is 5.63. The second kappa shape index (κ2) is 9.62. The van der Waals surface area contributed by atoms with Gasteiger partial charge < -0.3 is 9.64 Å². The van der Waals surface area contributed by atoms with Crippen molar-refractivity contribution < 1.29 is 9.64 Å². The number of nitrogens with one attached hydrogen (secondary N) is 1. The first-order valence-electron chi connectivity index (χ1n) is 9.26. The third kappa shape index (κ3) is 4.98. The fourth-order valence-corrected chi connectivity index (χ4v) is 4.90. The number of benzene rings is 1. The van der Waals surface area contributed by atoms with Crippen LogP contribution in [0.3, 0.4) is 0 Å². The van der Waals surface area contributed by atoms with Gasteiger partial charge in [-0.05, 0) is 29.1 Å². The summed E-state index contributed by atoms with van der Waals surface area (Å²) in [5.74, 6) is 0. The third-order valence-corrected chi connectivity index (χ3v) is 6.52. The SMILES string of the molecule is Clc1cccc(/C=N\n2c(-c3cccs3)csc2=NCC[NH+]2CCOCC2)c1. The molecular weight excluding hydrogens is 412 g/mol. The van der Waals surface area contributed by atoms with E-state index in [0.717, 1.165) is 55.5 Å². The van der Waals surface area contributed by atoms with Crippen molar-refractivity contribution in [2.24, 2.45) is 10.1 Å². The molecule has 3 aromatic rings. The number of thiazole rings is 1. The summed E-state index contributed by atoms with van der Waals surface area (Å²) in [6.07, 6.45) is 1.84. The molecule has 0 saturated carbocycles. The van der Waals surface area contributed by atoms with Crippen molar-refractivity contribution in [1.29, 1.82) is 0 Å². The van der Waals surface area contributed by atoms with Gasteiger partial charge in [0.05, 0.1) is 43.1 Å². The van der Waals surface area contributed by atoms with E-state index < -0.39 is 0 Å². The Labute approximate surface area is 177 Å². The molecule has 146 valence electrons. The maximum absolute atomic E-state index is 6.10. The van der Waals surface area contributed by atoms with Crippen LogP contribution in [0.1, 0.15) is 5.56 Å². The van der Waals surface area contributed by atoms with Crippen LogP contribution < -0.4 is 9.70 Å². The molecule has 1 fully saturated rings. The summed E-state index contributed by atoms with van der Waals surface area (Å²) in [4.78, 5) is 8.49. The van der Waals surface area contributed by atoms with Gasteiger partial charge in [0.25, 0.3) is 0 Å². The summed E-state index contributed by atoms with van der Waals surface area (Å²) in [7, 11) is 0. The lowest BCUT2D eigenvalue weighted by Gasteiger charge is -2.22. The maximum atomic E-state index is 6.10. The van der Waals surface area contributed by atoms with E-state index in [1.54, 1.807) is 27.6 Å². The van der Waals surface area contributed by atoms with Crippen LogP contribution in [0.15, 0.2) is 57.3 Å². The third-order valence-electron chi connectivity index (χ3n) is 4.54. The van der Waals surface area contributed by atoms with Crippen LogP contribution in [0.2, 0.25) is 5.02 Å². The molecule has 28 heavy (non-hydrogen) atoms. The van der Waals surface area contributed by atoms with Gasteiger partial charge in [0, 0.05) is 10.4 Å². The largest absolute Gasteiger partial charge is 0.370 e. The first kappa shape index (κ1) is 19.5. The molecule has 0 atom stereocenters. The average Bonchev–Trinajstić information content (AvgIpc) is 3.37. The van der Waals surface area contributed by atoms with Gasteiger partial charge in [-0.3, -0.25) is 4.99 Å². The van der Waals surface area contributed by atoms with E-state index in [9.17, 15) is 0 Å². The first-order valence-corrected chi connectivity index (χ1v) is 11.4. The van der Waals surface area contributed by atoms with E-state index in [1.165, 1.54) is 4.88 Å². The summed E-state index contributed by atoms with van der Waals surface area (Å²) >= 11 is 9.43. The minimum Gasteiger partial charge on any atom is -0.370 e. The van der Waals surface area contributed by atoms with Crippen molar-refractivity contribution in [2.75, 3.05) is 39.4 Å². The number of thiophene rings is 1. The fraction of sp³-hybridized carbons (Fsp3) is 0.300. The number of halogens is 1. The van der Waals surface area contributed by atoms with Gasteiger partial charge in [-0.2, -0.15) is 5.10 Å². The topological polar surface area (TPSA) is 43.3 Å². The smallest absolute Gasteiger partial charge is 0.206 e. The average molecular weight is 434 g/mol. The molecule has 1 aliphatic heterocycles. The molecule has 5 nitrogen and oxygen atoms in total. The lowest BCUT2D eigenvalue weighted by atomic mass is 10.2. The molecule has 1 saturated heterocycles. The highest BCUT2D eigenvalue weighted by atomic mass is 35.5. The molecule has 0 unspecified atom stereocenters. The first-order chi connectivity index (χ1) is 13.8. The highest BCUT2D eigenvalue weighted by Crippen LogP contribution is 2.25. The molecule has 0 aliphatic carbocycles. The maximum Gasteiger partial charge on any atom is 0.206 e. The van der Waals surface area contributed by atoms with Crippen molar-refractivity contribution >= 4 is 40.5 Å². The van der Waals surface area contributed by atoms with Crippen LogP contribution >= 0.6 is 34.3 Å². The van der Waals surface area contributed by atoms with E-state index in [1.807, 2.05) is 35.2 Å². The Morgan fingerprint density at radius 2 is 2.07 bits per heavy atom. The molecule has 1 aromatic carbocycles. The number of aromatic nitrogens is 1. The zero-order valence-corrected chi connectivity index (χ0v) is 17.8. The summed E-state index contributed by atoms with van der Waals surface area (Å²) in [5, 5.41) is 9.64. The van der Waals surface area contributed by atoms with Gasteiger partial charge in [0.1, 0.15) is 13.1 Å². The molecule has 0 radical (unpaired) electrons. The number of hydrogen-bond donors (Lipinski definition) is 1. The molecule has 0 spiro atoms. The predicted molar refractivity (Wildman–Crippen MR) is 117 cm³/mol. The van der Waals surface area contributed by atoms with Gasteiger partial charge in [-0.1, -0.05) is 29.8 Å². The number of quaternary nitrogens is 1. The van der Waals surface area contributed by atoms with Crippen molar-refractivity contribution in [3.63, 3.8) is 0 Å². The number of morpholine rings is 1. The van der Waals surface area contributed by atoms with E-state index in [4.69, 9.17) is 26.4 Å². The van der Waals surface area contributed by atoms with E-state index in [2.05, 4.69) is 22.9 Å². The highest BCUT2D eigenvalue weighted by molar-refractivity contribution is 7.14. The Morgan fingerprint density at radius 3 is 2.86 bits per heavy atom. The van der Waals surface area contributed by atoms with Crippen LogP contribution in [0.5, 0.6) is 0 Å². The van der Waals surface area contributed by atoms with Crippen molar-refractivity contribution in [3.8, 4) is 10.6 Å². The Kier molecular flexibility index (Phi) is 6.72. The zero-order chi connectivity index (χ0) is 19.2. The van der Waals surface area contributed by atoms with E-state index in [0.29, 0.717) is 5.02 Å². The molecule has 3 heterocycles. The van der Waals surface area contributed by atoms with Crippen molar-refractivity contribution in [2.45, 2.75) is 0 Å². The standard InChI is InChI=1S/C20H21ClN4OS2/c21-17-4-1-3-16(13-17)14-23-25-18(19-5-2-12-27-19)15-28-20(25)22-6-7-24-8-10-26-11-9-24/h1-5,12-15H,6-11H2/p+1/b22-20?,23-14-. The molecule has 4 rings (SSSR count). The number of rotatable bonds is 6. The molecule has 8 heteroatoms. The Hall–Kier alpha value is -1.77. The van der Waals surface area contributed by atoms with Crippen molar-refractivity contribution in [3.05, 3.63) is 62.5 Å². The summed E-state index contributed by atoms with van der Waals surface area (Å²) < 4.78 is 7.37. The lowest BCUT2D eigenvalue weighted by Crippen LogP contribution is -3.14. The molecule has 2 aromatic heterocycles.